The molecular formula is C22H38O3S. The van der Waals surface area contributed by atoms with Crippen LogP contribution in [0.3, 0.4) is 0 Å². The van der Waals surface area contributed by atoms with Crippen molar-refractivity contribution in [3.8, 4) is 0 Å². The molecule has 1 aromatic rings. The second-order valence-electron chi connectivity index (χ2n) is 7.61. The average Bonchev–Trinajstić information content (AvgIpc) is 2.61. The largest absolute Gasteiger partial charge is 0.294 e. The zero-order valence-corrected chi connectivity index (χ0v) is 17.9. The minimum atomic E-state index is -4.19. The predicted molar refractivity (Wildman–Crippen MR) is 110 cm³/mol. The fourth-order valence-electron chi connectivity index (χ4n) is 3.76. The number of hydrogen-bond donors (Lipinski definition) is 1. The average molecular weight is 383 g/mol. The monoisotopic (exact) mass is 382 g/mol. The Morgan fingerprint density at radius 1 is 0.885 bits per heavy atom. The Morgan fingerprint density at radius 3 is 1.88 bits per heavy atom. The van der Waals surface area contributed by atoms with Gasteiger partial charge in [-0.2, -0.15) is 8.42 Å². The molecule has 2 unspecified atom stereocenters. The van der Waals surface area contributed by atoms with Crippen molar-refractivity contribution in [1.82, 2.24) is 0 Å². The van der Waals surface area contributed by atoms with Crippen LogP contribution in [0.5, 0.6) is 0 Å². The summed E-state index contributed by atoms with van der Waals surface area (Å²) >= 11 is 0. The summed E-state index contributed by atoms with van der Waals surface area (Å²) in [6, 6.07) is 5.40. The molecule has 0 fully saturated rings. The second kappa shape index (κ2) is 11.8. The van der Waals surface area contributed by atoms with Crippen LogP contribution >= 0.6 is 0 Å². The molecule has 0 aromatic heterocycles. The molecule has 0 spiro atoms. The predicted octanol–water partition coefficient (Wildman–Crippen LogP) is 6.45. The molecule has 0 heterocycles. The van der Waals surface area contributed by atoms with Gasteiger partial charge in [0.2, 0.25) is 0 Å². The molecule has 1 rings (SSSR count). The van der Waals surface area contributed by atoms with E-state index in [2.05, 4.69) is 33.8 Å². The maximum absolute atomic E-state index is 12.0. The van der Waals surface area contributed by atoms with E-state index < -0.39 is 10.1 Å². The van der Waals surface area contributed by atoms with E-state index in [0.717, 1.165) is 56.1 Å². The van der Waals surface area contributed by atoms with Crippen LogP contribution in [0.2, 0.25) is 0 Å². The fraction of sp³-hybridized carbons (Fsp3) is 0.727. The minimum absolute atomic E-state index is 0.121. The van der Waals surface area contributed by atoms with E-state index in [4.69, 9.17) is 0 Å². The second-order valence-corrected chi connectivity index (χ2v) is 9.00. The summed E-state index contributed by atoms with van der Waals surface area (Å²) in [5.74, 6) is 1.04. The van der Waals surface area contributed by atoms with E-state index in [9.17, 15) is 13.0 Å². The van der Waals surface area contributed by atoms with E-state index in [0.29, 0.717) is 11.8 Å². The molecule has 2 atom stereocenters. The molecule has 0 saturated heterocycles. The van der Waals surface area contributed by atoms with Crippen molar-refractivity contribution in [3.63, 3.8) is 0 Å². The lowest BCUT2D eigenvalue weighted by molar-refractivity contribution is 0.429. The van der Waals surface area contributed by atoms with Crippen molar-refractivity contribution in [1.29, 1.82) is 0 Å². The number of hydrogen-bond acceptors (Lipinski definition) is 2. The van der Waals surface area contributed by atoms with Crippen molar-refractivity contribution in [3.05, 3.63) is 29.3 Å². The molecule has 0 aliphatic carbocycles. The van der Waals surface area contributed by atoms with E-state index in [-0.39, 0.29) is 4.90 Å². The van der Waals surface area contributed by atoms with Gasteiger partial charge in [0, 0.05) is 0 Å². The van der Waals surface area contributed by atoms with Gasteiger partial charge in [-0.1, -0.05) is 91.2 Å². The molecule has 1 aromatic carbocycles. The van der Waals surface area contributed by atoms with Gasteiger partial charge in [0.05, 0.1) is 4.90 Å². The number of benzene rings is 1. The fourth-order valence-corrected chi connectivity index (χ4v) is 4.54. The lowest BCUT2D eigenvalue weighted by Crippen LogP contribution is -2.14. The third-order valence-corrected chi connectivity index (χ3v) is 6.53. The summed E-state index contributed by atoms with van der Waals surface area (Å²) in [4.78, 5) is 0.121. The van der Waals surface area contributed by atoms with Crippen molar-refractivity contribution in [2.45, 2.75) is 96.8 Å². The van der Waals surface area contributed by atoms with Crippen LogP contribution in [-0.2, 0) is 23.0 Å². The molecule has 0 aliphatic heterocycles. The van der Waals surface area contributed by atoms with Gasteiger partial charge in [0.15, 0.2) is 0 Å². The Kier molecular flexibility index (Phi) is 10.5. The highest BCUT2D eigenvalue weighted by Crippen LogP contribution is 2.29. The van der Waals surface area contributed by atoms with Crippen LogP contribution in [0.15, 0.2) is 23.1 Å². The molecular weight excluding hydrogens is 344 g/mol. The molecule has 4 heteroatoms. The Bertz CT molecular complexity index is 622. The quantitative estimate of drug-likeness (QED) is 0.399. The first-order valence-corrected chi connectivity index (χ1v) is 11.9. The molecule has 0 bridgehead atoms. The van der Waals surface area contributed by atoms with Gasteiger partial charge < -0.3 is 0 Å². The van der Waals surface area contributed by atoms with Crippen LogP contribution < -0.4 is 0 Å². The Morgan fingerprint density at radius 2 is 1.42 bits per heavy atom. The maximum atomic E-state index is 12.0. The SMILES string of the molecule is CCCCC(CC)Cc1cccc(S(=O)(=O)O)c1CC(CC)CCCC. The number of unbranched alkanes of at least 4 members (excludes halogenated alkanes) is 2. The van der Waals surface area contributed by atoms with Gasteiger partial charge >= 0.3 is 0 Å². The van der Waals surface area contributed by atoms with Gasteiger partial charge in [-0.05, 0) is 41.9 Å². The first-order chi connectivity index (χ1) is 12.4. The topological polar surface area (TPSA) is 54.4 Å². The molecule has 0 amide bonds. The van der Waals surface area contributed by atoms with Crippen molar-refractivity contribution in [2.24, 2.45) is 11.8 Å². The zero-order valence-electron chi connectivity index (χ0n) is 17.1. The van der Waals surface area contributed by atoms with Crippen LogP contribution in [0.25, 0.3) is 0 Å². The highest BCUT2D eigenvalue weighted by molar-refractivity contribution is 7.85. The summed E-state index contributed by atoms with van der Waals surface area (Å²) in [5, 5.41) is 0. The summed E-state index contributed by atoms with van der Waals surface area (Å²) in [7, 11) is -4.19. The van der Waals surface area contributed by atoms with Gasteiger partial charge in [0.25, 0.3) is 10.1 Å². The van der Waals surface area contributed by atoms with E-state index in [1.807, 2.05) is 0 Å². The van der Waals surface area contributed by atoms with Gasteiger partial charge in [0.1, 0.15) is 0 Å². The highest BCUT2D eigenvalue weighted by atomic mass is 32.2. The van der Waals surface area contributed by atoms with Crippen LogP contribution in [0.1, 0.15) is 90.2 Å². The first-order valence-electron chi connectivity index (χ1n) is 10.4. The van der Waals surface area contributed by atoms with E-state index >= 15 is 0 Å². The van der Waals surface area contributed by atoms with Crippen LogP contribution in [-0.4, -0.2) is 13.0 Å². The molecule has 26 heavy (non-hydrogen) atoms. The van der Waals surface area contributed by atoms with Crippen molar-refractivity contribution in [2.75, 3.05) is 0 Å². The summed E-state index contributed by atoms with van der Waals surface area (Å²) < 4.78 is 33.7. The Hall–Kier alpha value is -0.870. The smallest absolute Gasteiger partial charge is 0.282 e. The summed E-state index contributed by atoms with van der Waals surface area (Å²) in [6.07, 6.45) is 10.8. The van der Waals surface area contributed by atoms with E-state index in [1.165, 1.54) is 19.3 Å². The molecule has 1 N–H and O–H groups in total. The Labute approximate surface area is 161 Å². The standard InChI is InChI=1S/C22H38O3S/c1-5-9-12-18(7-3)16-20-14-11-15-22(26(23,24)25)21(20)17-19(8-4)13-10-6-2/h11,14-15,18-19H,5-10,12-13,16-17H2,1-4H3,(H,23,24,25). The summed E-state index contributed by atoms with van der Waals surface area (Å²) in [6.45, 7) is 8.77. The van der Waals surface area contributed by atoms with E-state index in [1.54, 1.807) is 12.1 Å². The highest BCUT2D eigenvalue weighted by Gasteiger charge is 2.22. The molecule has 0 radical (unpaired) electrons. The molecule has 0 aliphatic rings. The third-order valence-electron chi connectivity index (χ3n) is 5.60. The minimum Gasteiger partial charge on any atom is -0.282 e. The molecule has 150 valence electrons. The Balaban J connectivity index is 3.19. The van der Waals surface area contributed by atoms with Gasteiger partial charge in [-0.15, -0.1) is 0 Å². The first kappa shape index (κ1) is 23.2. The lowest BCUT2D eigenvalue weighted by Gasteiger charge is -2.22. The van der Waals surface area contributed by atoms with Crippen molar-refractivity contribution < 1.29 is 13.0 Å². The summed E-state index contributed by atoms with van der Waals surface area (Å²) in [5.41, 5.74) is 1.96. The molecule has 0 saturated carbocycles. The van der Waals surface area contributed by atoms with Crippen LogP contribution in [0, 0.1) is 11.8 Å². The maximum Gasteiger partial charge on any atom is 0.294 e. The van der Waals surface area contributed by atoms with Gasteiger partial charge in [-0.25, -0.2) is 0 Å². The number of rotatable bonds is 13. The third kappa shape index (κ3) is 7.40. The zero-order chi connectivity index (χ0) is 19.6. The van der Waals surface area contributed by atoms with Crippen molar-refractivity contribution >= 4 is 10.1 Å². The normalized spacial score (nSPS) is 14.3. The lowest BCUT2D eigenvalue weighted by atomic mass is 9.85. The van der Waals surface area contributed by atoms with Gasteiger partial charge in [-0.3, -0.25) is 4.55 Å². The van der Waals surface area contributed by atoms with Crippen LogP contribution in [0.4, 0.5) is 0 Å². The molecule has 3 nitrogen and oxygen atoms in total.